The molecule has 0 saturated carbocycles. The molecule has 0 aromatic heterocycles. The first-order valence-corrected chi connectivity index (χ1v) is 5.38. The fraction of sp³-hybridized carbons (Fsp3) is 0.250. The molecule has 16 heavy (non-hydrogen) atoms. The van der Waals surface area contributed by atoms with Crippen molar-refractivity contribution >= 4 is 18.6 Å². The van der Waals surface area contributed by atoms with E-state index in [1.165, 1.54) is 6.08 Å². The summed E-state index contributed by atoms with van der Waals surface area (Å²) in [5.74, 6) is 0.386. The Morgan fingerprint density at radius 2 is 2.00 bits per heavy atom. The van der Waals surface area contributed by atoms with Crippen LogP contribution in [-0.4, -0.2) is 19.2 Å². The van der Waals surface area contributed by atoms with Gasteiger partial charge in [0.25, 0.3) is 0 Å². The molecule has 1 aromatic rings. The summed E-state index contributed by atoms with van der Waals surface area (Å²) in [5.41, 5.74) is 0. The molecule has 0 bridgehead atoms. The number of rotatable bonds is 5. The maximum Gasteiger partial charge on any atom is 0.330 e. The van der Waals surface area contributed by atoms with Crippen LogP contribution >= 0.6 is 12.6 Å². The van der Waals surface area contributed by atoms with Gasteiger partial charge >= 0.3 is 5.97 Å². The molecule has 0 aliphatic heterocycles. The molecule has 0 spiro atoms. The Balaban J connectivity index is 2.21. The number of ether oxygens (including phenoxy) is 2. The van der Waals surface area contributed by atoms with Gasteiger partial charge in [-0.2, -0.15) is 0 Å². The van der Waals surface area contributed by atoms with E-state index in [1.807, 2.05) is 24.3 Å². The Hall–Kier alpha value is -1.42. The second-order valence-electron chi connectivity index (χ2n) is 3.01. The number of esters is 1. The Morgan fingerprint density at radius 1 is 1.31 bits per heavy atom. The molecule has 4 heteroatoms. The highest BCUT2D eigenvalue weighted by atomic mass is 32.1. The monoisotopic (exact) mass is 238 g/mol. The number of benzene rings is 1. The molecule has 0 unspecified atom stereocenters. The molecular formula is C12H14O3S. The van der Waals surface area contributed by atoms with Crippen LogP contribution in [0, 0.1) is 0 Å². The van der Waals surface area contributed by atoms with Gasteiger partial charge in [-0.3, -0.25) is 0 Å². The quantitative estimate of drug-likeness (QED) is 0.370. The minimum Gasteiger partial charge on any atom is -0.490 e. The van der Waals surface area contributed by atoms with Crippen LogP contribution < -0.4 is 4.74 Å². The van der Waals surface area contributed by atoms with Crippen molar-refractivity contribution in [1.82, 2.24) is 0 Å². The Bertz CT molecular complexity index is 357. The van der Waals surface area contributed by atoms with E-state index in [0.29, 0.717) is 6.61 Å². The molecule has 0 saturated heterocycles. The predicted octanol–water partition coefficient (Wildman–Crippen LogP) is 2.47. The molecule has 0 heterocycles. The minimum atomic E-state index is -0.350. The van der Waals surface area contributed by atoms with Gasteiger partial charge in [0.2, 0.25) is 0 Å². The fourth-order valence-electron chi connectivity index (χ4n) is 1.03. The topological polar surface area (TPSA) is 35.5 Å². The molecule has 86 valence electrons. The van der Waals surface area contributed by atoms with E-state index >= 15 is 0 Å². The summed E-state index contributed by atoms with van der Waals surface area (Å²) >= 11 is 4.16. The third-order valence-corrected chi connectivity index (χ3v) is 2.03. The van der Waals surface area contributed by atoms with Crippen molar-refractivity contribution in [2.45, 2.75) is 11.8 Å². The minimum absolute atomic E-state index is 0.242. The van der Waals surface area contributed by atoms with Crippen molar-refractivity contribution in [3.05, 3.63) is 36.4 Å². The van der Waals surface area contributed by atoms with Crippen LogP contribution in [0.2, 0.25) is 0 Å². The average Bonchev–Trinajstić information content (AvgIpc) is 2.27. The molecule has 0 aliphatic carbocycles. The lowest BCUT2D eigenvalue weighted by Crippen LogP contribution is -2.10. The van der Waals surface area contributed by atoms with E-state index in [-0.39, 0.29) is 12.6 Å². The van der Waals surface area contributed by atoms with Gasteiger partial charge in [0.05, 0.1) is 0 Å². The average molecular weight is 238 g/mol. The molecule has 1 rings (SSSR count). The lowest BCUT2D eigenvalue weighted by molar-refractivity contribution is -0.138. The van der Waals surface area contributed by atoms with Gasteiger partial charge in [-0.05, 0) is 31.2 Å². The summed E-state index contributed by atoms with van der Waals surface area (Å²) in [6.07, 6.45) is 3.00. The smallest absolute Gasteiger partial charge is 0.330 e. The molecule has 1 aromatic carbocycles. The maximum atomic E-state index is 10.9. The second-order valence-corrected chi connectivity index (χ2v) is 3.53. The summed E-state index contributed by atoms with van der Waals surface area (Å²) in [6.45, 7) is 2.35. The lowest BCUT2D eigenvalue weighted by Gasteiger charge is -2.06. The predicted molar refractivity (Wildman–Crippen MR) is 65.0 cm³/mol. The van der Waals surface area contributed by atoms with Crippen LogP contribution in [0.25, 0.3) is 0 Å². The van der Waals surface area contributed by atoms with Gasteiger partial charge in [-0.25, -0.2) is 4.79 Å². The summed E-state index contributed by atoms with van der Waals surface area (Å²) < 4.78 is 10.2. The van der Waals surface area contributed by atoms with Crippen molar-refractivity contribution in [3.63, 3.8) is 0 Å². The van der Waals surface area contributed by atoms with Gasteiger partial charge in [0, 0.05) is 11.0 Å². The highest BCUT2D eigenvalue weighted by molar-refractivity contribution is 7.80. The van der Waals surface area contributed by atoms with Crippen molar-refractivity contribution in [2.75, 3.05) is 13.2 Å². The number of carbonyl (C=O) groups excluding carboxylic acids is 1. The van der Waals surface area contributed by atoms with Crippen molar-refractivity contribution in [2.24, 2.45) is 0 Å². The van der Waals surface area contributed by atoms with Gasteiger partial charge in [-0.15, -0.1) is 12.6 Å². The first-order valence-electron chi connectivity index (χ1n) is 4.93. The second kappa shape index (κ2) is 6.95. The molecule has 0 fully saturated rings. The third kappa shape index (κ3) is 4.89. The van der Waals surface area contributed by atoms with Gasteiger partial charge < -0.3 is 9.47 Å². The van der Waals surface area contributed by atoms with E-state index < -0.39 is 0 Å². The fourth-order valence-corrected chi connectivity index (χ4v) is 1.18. The highest BCUT2D eigenvalue weighted by Crippen LogP contribution is 2.13. The van der Waals surface area contributed by atoms with Crippen LogP contribution in [0.3, 0.4) is 0 Å². The summed E-state index contributed by atoms with van der Waals surface area (Å²) in [6, 6.07) is 7.31. The molecule has 0 amide bonds. The van der Waals surface area contributed by atoms with Crippen molar-refractivity contribution in [1.29, 1.82) is 0 Å². The van der Waals surface area contributed by atoms with Gasteiger partial charge in [0.1, 0.15) is 19.0 Å². The van der Waals surface area contributed by atoms with E-state index in [9.17, 15) is 4.79 Å². The Morgan fingerprint density at radius 3 is 2.62 bits per heavy atom. The van der Waals surface area contributed by atoms with Crippen molar-refractivity contribution in [3.8, 4) is 5.75 Å². The largest absolute Gasteiger partial charge is 0.490 e. The van der Waals surface area contributed by atoms with Crippen LogP contribution in [0.1, 0.15) is 6.92 Å². The molecule has 0 aliphatic rings. The first-order chi connectivity index (χ1) is 7.72. The SMILES string of the molecule is CC=CC(=O)OCCOc1ccc(S)cc1. The number of allylic oxidation sites excluding steroid dienone is 1. The Kier molecular flexibility index (Phi) is 5.50. The van der Waals surface area contributed by atoms with Crippen LogP contribution in [0.15, 0.2) is 41.3 Å². The van der Waals surface area contributed by atoms with Crippen LogP contribution in [-0.2, 0) is 9.53 Å². The zero-order chi connectivity index (χ0) is 11.8. The van der Waals surface area contributed by atoms with E-state index in [1.54, 1.807) is 13.0 Å². The molecular weight excluding hydrogens is 224 g/mol. The van der Waals surface area contributed by atoms with E-state index in [0.717, 1.165) is 10.6 Å². The van der Waals surface area contributed by atoms with Crippen LogP contribution in [0.4, 0.5) is 0 Å². The van der Waals surface area contributed by atoms with Crippen molar-refractivity contribution < 1.29 is 14.3 Å². The zero-order valence-corrected chi connectivity index (χ0v) is 9.94. The number of carbonyl (C=O) groups is 1. The first kappa shape index (κ1) is 12.6. The molecule has 0 atom stereocenters. The zero-order valence-electron chi connectivity index (χ0n) is 9.05. The number of hydrogen-bond acceptors (Lipinski definition) is 4. The maximum absolute atomic E-state index is 10.9. The van der Waals surface area contributed by atoms with E-state index in [2.05, 4.69) is 12.6 Å². The standard InChI is InChI=1S/C12H14O3S/c1-2-3-12(13)15-9-8-14-10-4-6-11(16)7-5-10/h2-7,16H,8-9H2,1H3. The highest BCUT2D eigenvalue weighted by Gasteiger charge is 1.97. The lowest BCUT2D eigenvalue weighted by atomic mass is 10.3. The molecule has 0 N–H and O–H groups in total. The number of thiol groups is 1. The van der Waals surface area contributed by atoms with E-state index in [4.69, 9.17) is 9.47 Å². The molecule has 3 nitrogen and oxygen atoms in total. The summed E-state index contributed by atoms with van der Waals surface area (Å²) in [4.78, 5) is 11.8. The van der Waals surface area contributed by atoms with Gasteiger partial charge in [-0.1, -0.05) is 6.08 Å². The summed E-state index contributed by atoms with van der Waals surface area (Å²) in [7, 11) is 0. The van der Waals surface area contributed by atoms with Crippen LogP contribution in [0.5, 0.6) is 5.75 Å². The summed E-state index contributed by atoms with van der Waals surface area (Å²) in [5, 5.41) is 0. The van der Waals surface area contributed by atoms with Gasteiger partial charge in [0.15, 0.2) is 0 Å². The number of hydrogen-bond donors (Lipinski definition) is 1. The Labute approximate surface area is 100 Å². The molecule has 0 radical (unpaired) electrons. The third-order valence-electron chi connectivity index (χ3n) is 1.74. The normalized spacial score (nSPS) is 10.4.